The summed E-state index contributed by atoms with van der Waals surface area (Å²) in [5.41, 5.74) is 2.59. The molecular weight excluding hydrogens is 120 g/mol. The van der Waals surface area contributed by atoms with Crippen molar-refractivity contribution in [2.24, 2.45) is 5.92 Å². The lowest BCUT2D eigenvalue weighted by atomic mass is 9.98. The Bertz CT molecular complexity index is 192. The fraction of sp³-hybridized carbons (Fsp3) is 0.400. The standard InChI is InChI=1S/C10H14/c1-8(2)9(3)10-6-4-5-7-10/h4,6-8H,3,5H2,1-2H3. The molecule has 0 aliphatic heterocycles. The average molecular weight is 134 g/mol. The lowest BCUT2D eigenvalue weighted by Crippen LogP contribution is -1.92. The molecule has 0 aromatic carbocycles. The van der Waals surface area contributed by atoms with Gasteiger partial charge in [-0.15, -0.1) is 0 Å². The Morgan fingerprint density at radius 2 is 2.30 bits per heavy atom. The van der Waals surface area contributed by atoms with Crippen molar-refractivity contribution in [3.63, 3.8) is 0 Å². The van der Waals surface area contributed by atoms with Crippen LogP contribution in [0, 0.1) is 5.92 Å². The van der Waals surface area contributed by atoms with E-state index in [1.165, 1.54) is 11.1 Å². The summed E-state index contributed by atoms with van der Waals surface area (Å²) < 4.78 is 0. The number of hydrogen-bond donors (Lipinski definition) is 0. The molecule has 10 heavy (non-hydrogen) atoms. The summed E-state index contributed by atoms with van der Waals surface area (Å²) in [5.74, 6) is 0.578. The van der Waals surface area contributed by atoms with Gasteiger partial charge in [-0.1, -0.05) is 38.7 Å². The van der Waals surface area contributed by atoms with Crippen molar-refractivity contribution in [3.8, 4) is 0 Å². The molecule has 0 saturated carbocycles. The normalized spacial score (nSPS) is 16.1. The molecule has 0 fully saturated rings. The maximum atomic E-state index is 4.02. The molecule has 1 aliphatic rings. The van der Waals surface area contributed by atoms with Crippen molar-refractivity contribution in [3.05, 3.63) is 36.0 Å². The number of rotatable bonds is 2. The van der Waals surface area contributed by atoms with E-state index >= 15 is 0 Å². The van der Waals surface area contributed by atoms with Gasteiger partial charge in [-0.25, -0.2) is 0 Å². The van der Waals surface area contributed by atoms with Gasteiger partial charge in [0.05, 0.1) is 0 Å². The maximum absolute atomic E-state index is 4.02. The minimum absolute atomic E-state index is 0.578. The van der Waals surface area contributed by atoms with E-state index in [2.05, 4.69) is 38.7 Å². The molecule has 1 rings (SSSR count). The van der Waals surface area contributed by atoms with E-state index < -0.39 is 0 Å². The zero-order valence-electron chi connectivity index (χ0n) is 6.72. The molecule has 0 radical (unpaired) electrons. The quantitative estimate of drug-likeness (QED) is 0.544. The minimum atomic E-state index is 0.578. The van der Waals surface area contributed by atoms with Crippen molar-refractivity contribution in [1.82, 2.24) is 0 Å². The van der Waals surface area contributed by atoms with Gasteiger partial charge >= 0.3 is 0 Å². The Kier molecular flexibility index (Phi) is 2.10. The van der Waals surface area contributed by atoms with Crippen LogP contribution in [0.3, 0.4) is 0 Å². The Morgan fingerprint density at radius 1 is 1.60 bits per heavy atom. The predicted octanol–water partition coefficient (Wildman–Crippen LogP) is 3.08. The van der Waals surface area contributed by atoms with Crippen molar-refractivity contribution in [2.45, 2.75) is 20.3 Å². The van der Waals surface area contributed by atoms with Crippen LogP contribution in [0.2, 0.25) is 0 Å². The van der Waals surface area contributed by atoms with Crippen LogP contribution in [0.5, 0.6) is 0 Å². The zero-order valence-corrected chi connectivity index (χ0v) is 6.72. The van der Waals surface area contributed by atoms with Gasteiger partial charge in [0.15, 0.2) is 0 Å². The topological polar surface area (TPSA) is 0 Å². The van der Waals surface area contributed by atoms with Gasteiger partial charge in [-0.2, -0.15) is 0 Å². The fourth-order valence-corrected chi connectivity index (χ4v) is 1.03. The minimum Gasteiger partial charge on any atom is -0.0950 e. The van der Waals surface area contributed by atoms with Crippen LogP contribution in [0.4, 0.5) is 0 Å². The molecule has 0 atom stereocenters. The fourth-order valence-electron chi connectivity index (χ4n) is 1.03. The third-order valence-electron chi connectivity index (χ3n) is 1.84. The second-order valence-corrected chi connectivity index (χ2v) is 2.98. The zero-order chi connectivity index (χ0) is 7.56. The van der Waals surface area contributed by atoms with Crippen molar-refractivity contribution >= 4 is 0 Å². The molecule has 1 aliphatic carbocycles. The van der Waals surface area contributed by atoms with E-state index in [1.807, 2.05) is 0 Å². The van der Waals surface area contributed by atoms with Crippen LogP contribution in [-0.4, -0.2) is 0 Å². The Morgan fingerprint density at radius 3 is 2.70 bits per heavy atom. The lowest BCUT2D eigenvalue weighted by Gasteiger charge is -2.07. The third-order valence-corrected chi connectivity index (χ3v) is 1.84. The van der Waals surface area contributed by atoms with Gasteiger partial charge in [-0.3, -0.25) is 0 Å². The van der Waals surface area contributed by atoms with Crippen LogP contribution in [0.1, 0.15) is 20.3 Å². The van der Waals surface area contributed by atoms with Gasteiger partial charge in [-0.05, 0) is 23.5 Å². The summed E-state index contributed by atoms with van der Waals surface area (Å²) in [5, 5.41) is 0. The monoisotopic (exact) mass is 134 g/mol. The second kappa shape index (κ2) is 2.87. The first-order chi connectivity index (χ1) is 4.72. The second-order valence-electron chi connectivity index (χ2n) is 2.98. The van der Waals surface area contributed by atoms with Crippen LogP contribution in [0.15, 0.2) is 36.0 Å². The average Bonchev–Trinajstić information content (AvgIpc) is 2.36. The van der Waals surface area contributed by atoms with E-state index in [4.69, 9.17) is 0 Å². The lowest BCUT2D eigenvalue weighted by molar-refractivity contribution is 0.787. The van der Waals surface area contributed by atoms with Gasteiger partial charge in [0, 0.05) is 0 Å². The highest BCUT2D eigenvalue weighted by molar-refractivity contribution is 5.42. The van der Waals surface area contributed by atoms with Crippen LogP contribution in [0.25, 0.3) is 0 Å². The smallest absolute Gasteiger partial charge is 0.0157 e. The SMILES string of the molecule is C=C(C1=CCC=C1)C(C)C. The molecule has 0 aromatic rings. The van der Waals surface area contributed by atoms with E-state index in [-0.39, 0.29) is 0 Å². The molecule has 0 bridgehead atoms. The van der Waals surface area contributed by atoms with Crippen LogP contribution >= 0.6 is 0 Å². The molecule has 0 unspecified atom stereocenters. The van der Waals surface area contributed by atoms with Crippen LogP contribution in [-0.2, 0) is 0 Å². The first-order valence-corrected chi connectivity index (χ1v) is 3.77. The van der Waals surface area contributed by atoms with Crippen molar-refractivity contribution < 1.29 is 0 Å². The predicted molar refractivity (Wildman–Crippen MR) is 45.8 cm³/mol. The first-order valence-electron chi connectivity index (χ1n) is 3.77. The highest BCUT2D eigenvalue weighted by Gasteiger charge is 2.05. The summed E-state index contributed by atoms with van der Waals surface area (Å²) in [6.07, 6.45) is 7.63. The Hall–Kier alpha value is -0.780. The molecule has 0 heterocycles. The molecular formula is C10H14. The highest BCUT2D eigenvalue weighted by atomic mass is 14.1. The van der Waals surface area contributed by atoms with Crippen LogP contribution < -0.4 is 0 Å². The van der Waals surface area contributed by atoms with E-state index in [9.17, 15) is 0 Å². The summed E-state index contributed by atoms with van der Waals surface area (Å²) in [7, 11) is 0. The maximum Gasteiger partial charge on any atom is -0.0157 e. The Balaban J connectivity index is 2.66. The highest BCUT2D eigenvalue weighted by Crippen LogP contribution is 2.22. The molecule has 0 aromatic heterocycles. The largest absolute Gasteiger partial charge is 0.0950 e. The van der Waals surface area contributed by atoms with E-state index in [1.54, 1.807) is 0 Å². The van der Waals surface area contributed by atoms with Crippen molar-refractivity contribution in [1.29, 1.82) is 0 Å². The molecule has 0 saturated heterocycles. The molecule has 0 spiro atoms. The summed E-state index contributed by atoms with van der Waals surface area (Å²) in [6.45, 7) is 8.37. The molecule has 0 heteroatoms. The number of hydrogen-bond acceptors (Lipinski definition) is 0. The molecule has 54 valence electrons. The third kappa shape index (κ3) is 1.38. The van der Waals surface area contributed by atoms with Gasteiger partial charge in [0.2, 0.25) is 0 Å². The molecule has 0 N–H and O–H groups in total. The van der Waals surface area contributed by atoms with E-state index in [0.717, 1.165) is 6.42 Å². The van der Waals surface area contributed by atoms with Gasteiger partial charge in [0.1, 0.15) is 0 Å². The molecule has 0 amide bonds. The molecule has 0 nitrogen and oxygen atoms in total. The summed E-state index contributed by atoms with van der Waals surface area (Å²) in [6, 6.07) is 0. The summed E-state index contributed by atoms with van der Waals surface area (Å²) >= 11 is 0. The van der Waals surface area contributed by atoms with Crippen molar-refractivity contribution in [2.75, 3.05) is 0 Å². The van der Waals surface area contributed by atoms with E-state index in [0.29, 0.717) is 5.92 Å². The van der Waals surface area contributed by atoms with Gasteiger partial charge < -0.3 is 0 Å². The van der Waals surface area contributed by atoms with Gasteiger partial charge in [0.25, 0.3) is 0 Å². The first kappa shape index (κ1) is 7.33. The number of allylic oxidation sites excluding steroid dienone is 5. The summed E-state index contributed by atoms with van der Waals surface area (Å²) in [4.78, 5) is 0. The Labute approximate surface area is 62.9 Å².